The Morgan fingerprint density at radius 2 is 2.26 bits per heavy atom. The number of carbonyl (C=O) groups excluding carboxylic acids is 1. The van der Waals surface area contributed by atoms with E-state index in [0.717, 1.165) is 0 Å². The molecule has 0 radical (unpaired) electrons. The summed E-state index contributed by atoms with van der Waals surface area (Å²) in [5.74, 6) is -1.50. The van der Waals surface area contributed by atoms with E-state index in [1.165, 1.54) is 4.57 Å². The third-order valence-electron chi connectivity index (χ3n) is 4.02. The standard InChI is InChI=1S/C15H15BrN2O5/c1-2-21-14(20)12(16)9-7-11-15(22-5-6-23-15)3-4-18(11)13(19)10(9)8-17/h7,12H,2-6H2,1H3. The number of fused-ring (bicyclic) bond motifs is 2. The second-order valence-corrected chi connectivity index (χ2v) is 6.16. The summed E-state index contributed by atoms with van der Waals surface area (Å²) in [6, 6.07) is 3.53. The van der Waals surface area contributed by atoms with Gasteiger partial charge in [-0.1, -0.05) is 15.9 Å². The summed E-state index contributed by atoms with van der Waals surface area (Å²) in [6.07, 6.45) is 0.503. The highest BCUT2D eigenvalue weighted by Gasteiger charge is 2.46. The van der Waals surface area contributed by atoms with E-state index in [4.69, 9.17) is 14.2 Å². The number of carbonyl (C=O) groups is 1. The molecule has 0 aliphatic carbocycles. The molecule has 0 saturated carbocycles. The van der Waals surface area contributed by atoms with Crippen LogP contribution in [0.3, 0.4) is 0 Å². The molecular formula is C15H15BrN2O5. The summed E-state index contributed by atoms with van der Waals surface area (Å²) in [7, 11) is 0. The highest BCUT2D eigenvalue weighted by atomic mass is 79.9. The highest BCUT2D eigenvalue weighted by molar-refractivity contribution is 9.09. The van der Waals surface area contributed by atoms with E-state index in [0.29, 0.717) is 31.9 Å². The van der Waals surface area contributed by atoms with Gasteiger partial charge in [-0.2, -0.15) is 5.26 Å². The van der Waals surface area contributed by atoms with E-state index < -0.39 is 22.1 Å². The van der Waals surface area contributed by atoms with Gasteiger partial charge in [-0.15, -0.1) is 0 Å². The molecule has 1 unspecified atom stereocenters. The van der Waals surface area contributed by atoms with Gasteiger partial charge >= 0.3 is 5.97 Å². The predicted molar refractivity (Wildman–Crippen MR) is 81.9 cm³/mol. The van der Waals surface area contributed by atoms with Crippen molar-refractivity contribution in [3.8, 4) is 6.07 Å². The Bertz CT molecular complexity index is 745. The Morgan fingerprint density at radius 1 is 1.57 bits per heavy atom. The van der Waals surface area contributed by atoms with Gasteiger partial charge in [0.25, 0.3) is 5.56 Å². The number of nitriles is 1. The van der Waals surface area contributed by atoms with Crippen LogP contribution in [0.4, 0.5) is 0 Å². The smallest absolute Gasteiger partial charge is 0.324 e. The van der Waals surface area contributed by atoms with Gasteiger partial charge in [-0.3, -0.25) is 9.59 Å². The number of hydrogen-bond acceptors (Lipinski definition) is 6. The van der Waals surface area contributed by atoms with E-state index in [2.05, 4.69) is 15.9 Å². The first-order valence-corrected chi connectivity index (χ1v) is 8.22. The van der Waals surface area contributed by atoms with Crippen LogP contribution in [0.25, 0.3) is 0 Å². The maximum absolute atomic E-state index is 12.6. The molecule has 122 valence electrons. The van der Waals surface area contributed by atoms with Crippen LogP contribution in [-0.4, -0.2) is 30.4 Å². The van der Waals surface area contributed by atoms with Crippen LogP contribution < -0.4 is 5.56 Å². The Morgan fingerprint density at radius 3 is 2.87 bits per heavy atom. The van der Waals surface area contributed by atoms with Crippen LogP contribution in [0, 0.1) is 11.3 Å². The van der Waals surface area contributed by atoms with Crippen LogP contribution in [0.2, 0.25) is 0 Å². The first-order valence-electron chi connectivity index (χ1n) is 7.31. The lowest BCUT2D eigenvalue weighted by atomic mass is 10.0. The lowest BCUT2D eigenvalue weighted by Gasteiger charge is -2.23. The van der Waals surface area contributed by atoms with Crippen molar-refractivity contribution in [3.63, 3.8) is 0 Å². The normalized spacial score (nSPS) is 19.3. The van der Waals surface area contributed by atoms with Gasteiger partial charge in [0.15, 0.2) is 0 Å². The summed E-state index contributed by atoms with van der Waals surface area (Å²) in [5.41, 5.74) is 0.314. The molecule has 0 aromatic carbocycles. The first kappa shape index (κ1) is 16.2. The molecule has 2 aliphatic heterocycles. The minimum atomic E-state index is -0.955. The predicted octanol–water partition coefficient (Wildman–Crippen LogP) is 1.32. The third kappa shape index (κ3) is 2.49. The number of hydrogen-bond donors (Lipinski definition) is 0. The molecule has 3 rings (SSSR count). The van der Waals surface area contributed by atoms with Crippen molar-refractivity contribution >= 4 is 21.9 Å². The van der Waals surface area contributed by atoms with Gasteiger partial charge in [0, 0.05) is 18.5 Å². The molecule has 1 atom stereocenters. The molecular weight excluding hydrogens is 368 g/mol. The number of ether oxygens (including phenoxy) is 3. The number of aromatic nitrogens is 1. The number of pyridine rings is 1. The van der Waals surface area contributed by atoms with Gasteiger partial charge in [-0.05, 0) is 13.0 Å². The first-order chi connectivity index (χ1) is 11.0. The summed E-state index contributed by atoms with van der Waals surface area (Å²) < 4.78 is 17.9. The minimum absolute atomic E-state index is 0.0706. The molecule has 8 heteroatoms. The Kier molecular flexibility index (Phi) is 4.27. The van der Waals surface area contributed by atoms with Crippen molar-refractivity contribution in [1.29, 1.82) is 5.26 Å². The van der Waals surface area contributed by atoms with Gasteiger partial charge in [0.05, 0.1) is 25.5 Å². The monoisotopic (exact) mass is 382 g/mol. The molecule has 3 heterocycles. The van der Waals surface area contributed by atoms with Crippen LogP contribution in [-0.2, 0) is 31.3 Å². The second-order valence-electron chi connectivity index (χ2n) is 5.24. The lowest BCUT2D eigenvalue weighted by molar-refractivity contribution is -0.163. The van der Waals surface area contributed by atoms with Gasteiger partial charge in [0.1, 0.15) is 16.5 Å². The fraction of sp³-hybridized carbons (Fsp3) is 0.533. The second kappa shape index (κ2) is 6.07. The van der Waals surface area contributed by atoms with Gasteiger partial charge in [-0.25, -0.2) is 0 Å². The molecule has 2 aliphatic rings. The Balaban J connectivity index is 2.14. The van der Waals surface area contributed by atoms with Crippen molar-refractivity contribution in [2.45, 2.75) is 30.5 Å². The Hall–Kier alpha value is -1.69. The van der Waals surface area contributed by atoms with E-state index in [9.17, 15) is 14.9 Å². The zero-order valence-electron chi connectivity index (χ0n) is 12.5. The van der Waals surface area contributed by atoms with Crippen molar-refractivity contribution < 1.29 is 19.0 Å². The quantitative estimate of drug-likeness (QED) is 0.578. The van der Waals surface area contributed by atoms with E-state index >= 15 is 0 Å². The molecule has 1 saturated heterocycles. The molecule has 0 bridgehead atoms. The van der Waals surface area contributed by atoms with Crippen molar-refractivity contribution in [2.24, 2.45) is 0 Å². The van der Waals surface area contributed by atoms with Crippen molar-refractivity contribution in [3.05, 3.63) is 33.2 Å². The maximum atomic E-state index is 12.6. The Labute approximate surface area is 140 Å². The minimum Gasteiger partial charge on any atom is -0.465 e. The summed E-state index contributed by atoms with van der Waals surface area (Å²) in [6.45, 7) is 3.20. The SMILES string of the molecule is CCOC(=O)C(Br)c1cc2n(c(=O)c1C#N)CCC21OCCO1. The summed E-state index contributed by atoms with van der Waals surface area (Å²) in [5, 5.41) is 9.35. The molecule has 1 spiro atoms. The number of halogens is 1. The maximum Gasteiger partial charge on any atom is 0.324 e. The zero-order chi connectivity index (χ0) is 16.6. The van der Waals surface area contributed by atoms with E-state index in [-0.39, 0.29) is 17.7 Å². The average Bonchev–Trinajstić information content (AvgIpc) is 3.16. The highest BCUT2D eigenvalue weighted by Crippen LogP contribution is 2.41. The molecule has 0 N–H and O–H groups in total. The topological polar surface area (TPSA) is 90.6 Å². The van der Waals surface area contributed by atoms with Crippen molar-refractivity contribution in [1.82, 2.24) is 4.57 Å². The number of rotatable bonds is 3. The molecule has 23 heavy (non-hydrogen) atoms. The number of alkyl halides is 1. The summed E-state index contributed by atoms with van der Waals surface area (Å²) in [4.78, 5) is 23.7. The molecule has 1 aromatic rings. The number of nitrogens with zero attached hydrogens (tertiary/aromatic N) is 2. The largest absolute Gasteiger partial charge is 0.465 e. The summed E-state index contributed by atoms with van der Waals surface area (Å²) >= 11 is 3.23. The zero-order valence-corrected chi connectivity index (χ0v) is 14.1. The van der Waals surface area contributed by atoms with Crippen LogP contribution >= 0.6 is 15.9 Å². The fourth-order valence-electron chi connectivity index (χ4n) is 2.99. The average molecular weight is 383 g/mol. The molecule has 0 amide bonds. The van der Waals surface area contributed by atoms with Crippen LogP contribution in [0.1, 0.15) is 35.0 Å². The molecule has 1 aromatic heterocycles. The number of esters is 1. The van der Waals surface area contributed by atoms with Gasteiger partial charge in [0.2, 0.25) is 5.79 Å². The fourth-order valence-corrected chi connectivity index (χ4v) is 3.48. The van der Waals surface area contributed by atoms with Crippen molar-refractivity contribution in [2.75, 3.05) is 19.8 Å². The lowest BCUT2D eigenvalue weighted by Crippen LogP contribution is -2.30. The third-order valence-corrected chi connectivity index (χ3v) is 4.88. The van der Waals surface area contributed by atoms with Crippen LogP contribution in [0.5, 0.6) is 0 Å². The van der Waals surface area contributed by atoms with Gasteiger partial charge < -0.3 is 18.8 Å². The molecule has 7 nitrogen and oxygen atoms in total. The van der Waals surface area contributed by atoms with Crippen LogP contribution in [0.15, 0.2) is 10.9 Å². The molecule has 1 fully saturated rings. The van der Waals surface area contributed by atoms with E-state index in [1.807, 2.05) is 6.07 Å². The van der Waals surface area contributed by atoms with E-state index in [1.54, 1.807) is 13.0 Å².